The quantitative estimate of drug-likeness (QED) is 0.732. The summed E-state index contributed by atoms with van der Waals surface area (Å²) in [5, 5.41) is 8.31. The molecule has 6 heteroatoms. The first-order chi connectivity index (χ1) is 7.06. The zero-order valence-electron chi connectivity index (χ0n) is 7.31. The molecule has 0 aliphatic heterocycles. The minimum atomic E-state index is -3.15. The van der Waals surface area contributed by atoms with Crippen molar-refractivity contribution in [2.45, 2.75) is 13.0 Å². The molecule has 0 atom stereocenters. The van der Waals surface area contributed by atoms with Crippen LogP contribution in [0.15, 0.2) is 12.1 Å². The van der Waals surface area contributed by atoms with E-state index in [4.69, 9.17) is 5.26 Å². The Labute approximate surface area is 82.7 Å². The third-order valence-corrected chi connectivity index (χ3v) is 1.62. The van der Waals surface area contributed by atoms with E-state index >= 15 is 0 Å². The summed E-state index contributed by atoms with van der Waals surface area (Å²) in [6.45, 7) is -3.15. The van der Waals surface area contributed by atoms with Crippen molar-refractivity contribution in [1.29, 1.82) is 5.26 Å². The number of hydrogen-bond donors (Lipinski definition) is 0. The van der Waals surface area contributed by atoms with E-state index in [0.717, 1.165) is 6.07 Å². The highest BCUT2D eigenvalue weighted by Gasteiger charge is 2.16. The molecule has 0 heterocycles. The summed E-state index contributed by atoms with van der Waals surface area (Å²) >= 11 is 0. The third-order valence-electron chi connectivity index (χ3n) is 1.62. The molecule has 0 N–H and O–H groups in total. The molecule has 2 nitrogen and oxygen atoms in total. The largest absolute Gasteiger partial charge is 0.434 e. The van der Waals surface area contributed by atoms with E-state index in [-0.39, 0.29) is 0 Å². The van der Waals surface area contributed by atoms with Gasteiger partial charge in [-0.1, -0.05) is 0 Å². The molecule has 0 radical (unpaired) electrons. The Morgan fingerprint density at radius 2 is 2.00 bits per heavy atom. The Hall–Kier alpha value is -1.77. The maximum Gasteiger partial charge on any atom is 0.387 e. The average molecular weight is 219 g/mol. The lowest BCUT2D eigenvalue weighted by atomic mass is 10.1. The van der Waals surface area contributed by atoms with Crippen LogP contribution < -0.4 is 4.74 Å². The number of benzene rings is 1. The molecule has 0 unspecified atom stereocenters. The third kappa shape index (κ3) is 2.59. The average Bonchev–Trinajstić information content (AvgIpc) is 2.17. The first-order valence-electron chi connectivity index (χ1n) is 3.85. The van der Waals surface area contributed by atoms with Crippen molar-refractivity contribution in [2.75, 3.05) is 0 Å². The van der Waals surface area contributed by atoms with Gasteiger partial charge in [-0.05, 0) is 12.1 Å². The molecule has 0 saturated heterocycles. The fourth-order valence-corrected chi connectivity index (χ4v) is 1.03. The van der Waals surface area contributed by atoms with Gasteiger partial charge < -0.3 is 4.74 Å². The van der Waals surface area contributed by atoms with Gasteiger partial charge in [0.1, 0.15) is 5.75 Å². The molecule has 0 aromatic heterocycles. The van der Waals surface area contributed by atoms with Crippen molar-refractivity contribution < 1.29 is 22.3 Å². The van der Waals surface area contributed by atoms with Crippen LogP contribution in [-0.4, -0.2) is 6.61 Å². The predicted molar refractivity (Wildman–Crippen MR) is 42.3 cm³/mol. The molecule has 0 saturated carbocycles. The van der Waals surface area contributed by atoms with Gasteiger partial charge in [-0.3, -0.25) is 0 Å². The molecule has 1 aromatic carbocycles. The molecule has 0 aliphatic rings. The van der Waals surface area contributed by atoms with Crippen LogP contribution in [0.3, 0.4) is 0 Å². The minimum Gasteiger partial charge on any atom is -0.434 e. The molecular formula is C9H5F4NO. The fraction of sp³-hybridized carbons (Fsp3) is 0.222. The zero-order chi connectivity index (χ0) is 11.4. The molecule has 0 bridgehead atoms. The highest BCUT2D eigenvalue weighted by Crippen LogP contribution is 2.25. The Bertz CT molecular complexity index is 400. The van der Waals surface area contributed by atoms with Crippen molar-refractivity contribution in [3.63, 3.8) is 0 Å². The number of nitrogens with zero attached hydrogens (tertiary/aromatic N) is 1. The van der Waals surface area contributed by atoms with E-state index in [2.05, 4.69) is 4.74 Å². The van der Waals surface area contributed by atoms with E-state index in [1.54, 1.807) is 0 Å². The summed E-state index contributed by atoms with van der Waals surface area (Å²) in [5.74, 6) is -3.07. The van der Waals surface area contributed by atoms with Gasteiger partial charge in [0.25, 0.3) is 0 Å². The van der Waals surface area contributed by atoms with Crippen LogP contribution in [0, 0.1) is 23.0 Å². The van der Waals surface area contributed by atoms with Gasteiger partial charge in [-0.2, -0.15) is 14.0 Å². The van der Waals surface area contributed by atoms with Crippen LogP contribution in [0.4, 0.5) is 17.6 Å². The highest BCUT2D eigenvalue weighted by atomic mass is 19.3. The second kappa shape index (κ2) is 4.64. The maximum absolute atomic E-state index is 13.0. The van der Waals surface area contributed by atoms with Gasteiger partial charge in [0.15, 0.2) is 11.6 Å². The fourth-order valence-electron chi connectivity index (χ4n) is 1.03. The Morgan fingerprint density at radius 3 is 2.53 bits per heavy atom. The van der Waals surface area contributed by atoms with E-state index in [0.29, 0.717) is 6.07 Å². The monoisotopic (exact) mass is 219 g/mol. The smallest absolute Gasteiger partial charge is 0.387 e. The number of ether oxygens (including phenoxy) is 1. The first-order valence-corrected chi connectivity index (χ1v) is 3.85. The molecule has 0 amide bonds. The molecule has 1 rings (SSSR count). The van der Waals surface area contributed by atoms with Crippen LogP contribution in [0.1, 0.15) is 5.56 Å². The van der Waals surface area contributed by atoms with Crippen molar-refractivity contribution in [1.82, 2.24) is 0 Å². The molecular weight excluding hydrogens is 214 g/mol. The van der Waals surface area contributed by atoms with Gasteiger partial charge >= 0.3 is 6.61 Å². The van der Waals surface area contributed by atoms with E-state index < -0.39 is 36.0 Å². The van der Waals surface area contributed by atoms with Crippen LogP contribution in [0.2, 0.25) is 0 Å². The van der Waals surface area contributed by atoms with Crippen LogP contribution >= 0.6 is 0 Å². The summed E-state index contributed by atoms with van der Waals surface area (Å²) in [7, 11) is 0. The van der Waals surface area contributed by atoms with Gasteiger partial charge in [0.05, 0.1) is 12.5 Å². The number of alkyl halides is 2. The molecule has 1 aromatic rings. The van der Waals surface area contributed by atoms with Crippen molar-refractivity contribution in [2.24, 2.45) is 0 Å². The molecule has 15 heavy (non-hydrogen) atoms. The van der Waals surface area contributed by atoms with Gasteiger partial charge in [-0.25, -0.2) is 8.78 Å². The highest BCUT2D eigenvalue weighted by molar-refractivity contribution is 5.37. The van der Waals surface area contributed by atoms with Crippen molar-refractivity contribution >= 4 is 0 Å². The molecule has 0 fully saturated rings. The SMILES string of the molecule is N#CCc1c(OC(F)F)ccc(F)c1F. The molecule has 80 valence electrons. The standard InChI is InChI=1S/C9H5F4NO/c10-6-1-2-7(15-9(12)13)5(3-4-14)8(6)11/h1-2,9H,3H2. The lowest BCUT2D eigenvalue weighted by molar-refractivity contribution is -0.0506. The summed E-state index contributed by atoms with van der Waals surface area (Å²) in [6.07, 6.45) is -0.536. The second-order valence-electron chi connectivity index (χ2n) is 2.55. The summed E-state index contributed by atoms with van der Waals surface area (Å²) in [6, 6.07) is 3.05. The zero-order valence-corrected chi connectivity index (χ0v) is 7.31. The second-order valence-corrected chi connectivity index (χ2v) is 2.55. The van der Waals surface area contributed by atoms with E-state index in [1.807, 2.05) is 0 Å². The topological polar surface area (TPSA) is 33.0 Å². The van der Waals surface area contributed by atoms with Crippen molar-refractivity contribution in [3.05, 3.63) is 29.3 Å². The maximum atomic E-state index is 13.0. The van der Waals surface area contributed by atoms with E-state index in [9.17, 15) is 17.6 Å². The number of nitriles is 1. The van der Waals surface area contributed by atoms with Crippen LogP contribution in [0.5, 0.6) is 5.75 Å². The summed E-state index contributed by atoms with van der Waals surface area (Å²) in [5.41, 5.74) is -0.502. The molecule has 0 aliphatic carbocycles. The van der Waals surface area contributed by atoms with E-state index in [1.165, 1.54) is 6.07 Å². The normalized spacial score (nSPS) is 10.1. The van der Waals surface area contributed by atoms with Crippen molar-refractivity contribution in [3.8, 4) is 11.8 Å². The summed E-state index contributed by atoms with van der Waals surface area (Å²) in [4.78, 5) is 0. The molecule has 0 spiro atoms. The van der Waals surface area contributed by atoms with Gasteiger partial charge in [0.2, 0.25) is 0 Å². The number of halogens is 4. The van der Waals surface area contributed by atoms with Gasteiger partial charge in [0, 0.05) is 5.56 Å². The lowest BCUT2D eigenvalue weighted by Gasteiger charge is -2.09. The first kappa shape index (κ1) is 11.3. The number of rotatable bonds is 3. The Morgan fingerprint density at radius 1 is 1.33 bits per heavy atom. The minimum absolute atomic E-state index is 0.502. The Balaban J connectivity index is 3.15. The van der Waals surface area contributed by atoms with Gasteiger partial charge in [-0.15, -0.1) is 0 Å². The Kier molecular flexibility index (Phi) is 3.50. The summed E-state index contributed by atoms with van der Waals surface area (Å²) < 4.78 is 53.4. The van der Waals surface area contributed by atoms with Crippen LogP contribution in [-0.2, 0) is 6.42 Å². The van der Waals surface area contributed by atoms with Crippen LogP contribution in [0.25, 0.3) is 0 Å². The lowest BCUT2D eigenvalue weighted by Crippen LogP contribution is -2.06. The number of hydrogen-bond acceptors (Lipinski definition) is 2. The predicted octanol–water partition coefficient (Wildman–Crippen LogP) is 2.63.